The molecule has 2 amide bonds. The Morgan fingerprint density at radius 1 is 1.43 bits per heavy atom. The van der Waals surface area contributed by atoms with Crippen molar-refractivity contribution < 1.29 is 9.32 Å². The Bertz CT molecular complexity index is 528. The zero-order valence-corrected chi connectivity index (χ0v) is 13.1. The molecular weight excluding hydrogens is 268 g/mol. The Morgan fingerprint density at radius 3 is 2.95 bits per heavy atom. The summed E-state index contributed by atoms with van der Waals surface area (Å²) in [6.45, 7) is 6.81. The van der Waals surface area contributed by atoms with E-state index in [1.54, 1.807) is 0 Å². The van der Waals surface area contributed by atoms with Gasteiger partial charge in [-0.05, 0) is 45.7 Å². The Balaban J connectivity index is 1.72. The van der Waals surface area contributed by atoms with E-state index in [2.05, 4.69) is 22.4 Å². The number of aromatic nitrogens is 1. The number of carbonyl (C=O) groups excluding carboxylic acids is 1. The second-order valence-electron chi connectivity index (χ2n) is 6.20. The highest BCUT2D eigenvalue weighted by Crippen LogP contribution is 2.32. The molecule has 1 aromatic heterocycles. The number of amides is 2. The van der Waals surface area contributed by atoms with Gasteiger partial charge in [-0.1, -0.05) is 12.1 Å². The highest BCUT2D eigenvalue weighted by molar-refractivity contribution is 5.90. The number of hydrogen-bond acceptors (Lipinski definition) is 4. The molecule has 21 heavy (non-hydrogen) atoms. The summed E-state index contributed by atoms with van der Waals surface area (Å²) in [5.74, 6) is 1.33. The topological polar surface area (TPSA) is 61.6 Å². The lowest BCUT2D eigenvalue weighted by atomic mass is 9.92. The number of rotatable bonds is 2. The van der Waals surface area contributed by atoms with Crippen LogP contribution in [0.5, 0.6) is 0 Å². The van der Waals surface area contributed by atoms with E-state index in [1.807, 2.05) is 18.7 Å². The SMILES string of the molecule is CCc1noc(C)c1NC(=O)N1CC[C@@H]2CCN(C)C[C@H]21. The van der Waals surface area contributed by atoms with E-state index in [4.69, 9.17) is 4.52 Å². The van der Waals surface area contributed by atoms with Gasteiger partial charge >= 0.3 is 6.03 Å². The molecule has 0 saturated carbocycles. The molecule has 0 unspecified atom stereocenters. The van der Waals surface area contributed by atoms with Crippen molar-refractivity contribution in [2.24, 2.45) is 5.92 Å². The Morgan fingerprint density at radius 2 is 2.19 bits per heavy atom. The van der Waals surface area contributed by atoms with Crippen molar-refractivity contribution in [3.05, 3.63) is 11.5 Å². The van der Waals surface area contributed by atoms with Crippen LogP contribution in [0.25, 0.3) is 0 Å². The molecule has 6 nitrogen and oxygen atoms in total. The summed E-state index contributed by atoms with van der Waals surface area (Å²) in [5.41, 5.74) is 1.56. The van der Waals surface area contributed by atoms with Gasteiger partial charge in [0.1, 0.15) is 11.4 Å². The molecule has 0 spiro atoms. The molecule has 3 rings (SSSR count). The first-order valence-electron chi connectivity index (χ1n) is 7.81. The Hall–Kier alpha value is -1.56. The fourth-order valence-corrected chi connectivity index (χ4v) is 3.55. The number of aryl methyl sites for hydroxylation is 2. The Labute approximate surface area is 125 Å². The first-order valence-corrected chi connectivity index (χ1v) is 7.81. The van der Waals surface area contributed by atoms with Crippen molar-refractivity contribution in [1.29, 1.82) is 0 Å². The summed E-state index contributed by atoms with van der Waals surface area (Å²) < 4.78 is 5.18. The summed E-state index contributed by atoms with van der Waals surface area (Å²) in [6.07, 6.45) is 3.06. The van der Waals surface area contributed by atoms with Crippen LogP contribution in [-0.2, 0) is 6.42 Å². The zero-order chi connectivity index (χ0) is 15.0. The minimum Gasteiger partial charge on any atom is -0.359 e. The number of fused-ring (bicyclic) bond motifs is 1. The molecule has 2 atom stereocenters. The molecule has 1 aromatic rings. The van der Waals surface area contributed by atoms with E-state index in [1.165, 1.54) is 6.42 Å². The van der Waals surface area contributed by atoms with E-state index in [0.29, 0.717) is 17.7 Å². The van der Waals surface area contributed by atoms with Crippen LogP contribution in [0, 0.1) is 12.8 Å². The summed E-state index contributed by atoms with van der Waals surface area (Å²) in [6, 6.07) is 0.327. The third-order valence-corrected chi connectivity index (χ3v) is 4.83. The lowest BCUT2D eigenvalue weighted by Crippen LogP contribution is -2.49. The molecule has 1 N–H and O–H groups in total. The minimum atomic E-state index is -0.0150. The minimum absolute atomic E-state index is 0.0150. The van der Waals surface area contributed by atoms with E-state index in [-0.39, 0.29) is 6.03 Å². The van der Waals surface area contributed by atoms with E-state index in [9.17, 15) is 4.79 Å². The number of piperidine rings is 1. The standard InChI is InChI=1S/C15H24N4O2/c1-4-12-14(10(2)21-17-12)16-15(20)19-8-6-11-5-7-18(3)9-13(11)19/h11,13H,4-9H2,1-3H3,(H,16,20)/t11-,13+/m0/s1. The number of urea groups is 1. The molecule has 0 radical (unpaired) electrons. The predicted octanol–water partition coefficient (Wildman–Crippen LogP) is 2.10. The van der Waals surface area contributed by atoms with Crippen molar-refractivity contribution in [3.8, 4) is 0 Å². The molecule has 0 aromatic carbocycles. The quantitative estimate of drug-likeness (QED) is 0.907. The predicted molar refractivity (Wildman–Crippen MR) is 80.4 cm³/mol. The maximum absolute atomic E-state index is 12.6. The summed E-state index contributed by atoms with van der Waals surface area (Å²) in [4.78, 5) is 16.9. The van der Waals surface area contributed by atoms with Crippen molar-refractivity contribution in [1.82, 2.24) is 15.0 Å². The van der Waals surface area contributed by atoms with Crippen LogP contribution < -0.4 is 5.32 Å². The number of anilines is 1. The second kappa shape index (κ2) is 5.67. The third kappa shape index (κ3) is 2.64. The largest absolute Gasteiger partial charge is 0.359 e. The average molecular weight is 292 g/mol. The number of hydrogen-bond donors (Lipinski definition) is 1. The first kappa shape index (κ1) is 14.4. The molecule has 2 saturated heterocycles. The number of carbonyl (C=O) groups is 1. The van der Waals surface area contributed by atoms with Crippen molar-refractivity contribution in [3.63, 3.8) is 0 Å². The fourth-order valence-electron chi connectivity index (χ4n) is 3.55. The number of nitrogens with zero attached hydrogens (tertiary/aromatic N) is 3. The van der Waals surface area contributed by atoms with Gasteiger partial charge in [0.15, 0.2) is 5.76 Å². The maximum Gasteiger partial charge on any atom is 0.322 e. The van der Waals surface area contributed by atoms with Gasteiger partial charge in [-0.3, -0.25) is 0 Å². The summed E-state index contributed by atoms with van der Waals surface area (Å²) in [7, 11) is 2.13. The van der Waals surface area contributed by atoms with E-state index < -0.39 is 0 Å². The zero-order valence-electron chi connectivity index (χ0n) is 13.1. The van der Waals surface area contributed by atoms with Crippen LogP contribution in [0.4, 0.5) is 10.5 Å². The Kier molecular flexibility index (Phi) is 3.89. The van der Waals surface area contributed by atoms with Crippen LogP contribution in [0.1, 0.15) is 31.2 Å². The molecule has 2 aliphatic rings. The van der Waals surface area contributed by atoms with E-state index >= 15 is 0 Å². The van der Waals surface area contributed by atoms with Gasteiger partial charge in [0.2, 0.25) is 0 Å². The van der Waals surface area contributed by atoms with Crippen molar-refractivity contribution in [2.75, 3.05) is 32.0 Å². The van der Waals surface area contributed by atoms with Crippen LogP contribution in [0.3, 0.4) is 0 Å². The number of likely N-dealkylation sites (tertiary alicyclic amines) is 2. The van der Waals surface area contributed by atoms with Gasteiger partial charge in [0.05, 0.1) is 0 Å². The molecule has 6 heteroatoms. The van der Waals surface area contributed by atoms with Crippen molar-refractivity contribution >= 4 is 11.7 Å². The van der Waals surface area contributed by atoms with Gasteiger partial charge < -0.3 is 19.6 Å². The molecule has 116 valence electrons. The average Bonchev–Trinajstić information content (AvgIpc) is 3.03. The van der Waals surface area contributed by atoms with Gasteiger partial charge in [-0.2, -0.15) is 0 Å². The van der Waals surface area contributed by atoms with E-state index in [0.717, 1.165) is 43.9 Å². The van der Waals surface area contributed by atoms with Gasteiger partial charge in [0, 0.05) is 19.1 Å². The molecule has 0 bridgehead atoms. The van der Waals surface area contributed by atoms with Crippen molar-refractivity contribution in [2.45, 2.75) is 39.2 Å². The number of nitrogens with one attached hydrogen (secondary N) is 1. The first-order chi connectivity index (χ1) is 10.1. The molecule has 2 fully saturated rings. The maximum atomic E-state index is 12.6. The molecular formula is C15H24N4O2. The van der Waals surface area contributed by atoms with Crippen LogP contribution >= 0.6 is 0 Å². The smallest absolute Gasteiger partial charge is 0.322 e. The molecule has 0 aliphatic carbocycles. The lowest BCUT2D eigenvalue weighted by Gasteiger charge is -2.36. The summed E-state index contributed by atoms with van der Waals surface area (Å²) >= 11 is 0. The van der Waals surface area contributed by atoms with Crippen LogP contribution in [0.2, 0.25) is 0 Å². The third-order valence-electron chi connectivity index (χ3n) is 4.83. The summed E-state index contributed by atoms with van der Waals surface area (Å²) in [5, 5.41) is 7.00. The lowest BCUT2D eigenvalue weighted by molar-refractivity contribution is 0.137. The molecule has 2 aliphatic heterocycles. The highest BCUT2D eigenvalue weighted by Gasteiger charge is 2.40. The highest BCUT2D eigenvalue weighted by atomic mass is 16.5. The number of likely N-dealkylation sites (N-methyl/N-ethyl adjacent to an activating group) is 1. The van der Waals surface area contributed by atoms with Gasteiger partial charge in [-0.25, -0.2) is 4.79 Å². The van der Waals surface area contributed by atoms with Crippen LogP contribution in [0.15, 0.2) is 4.52 Å². The van der Waals surface area contributed by atoms with Gasteiger partial charge in [-0.15, -0.1) is 0 Å². The fraction of sp³-hybridized carbons (Fsp3) is 0.733. The normalized spacial score (nSPS) is 26.0. The van der Waals surface area contributed by atoms with Gasteiger partial charge in [0.25, 0.3) is 0 Å². The molecule has 3 heterocycles. The second-order valence-corrected chi connectivity index (χ2v) is 6.20. The monoisotopic (exact) mass is 292 g/mol. The van der Waals surface area contributed by atoms with Crippen LogP contribution in [-0.4, -0.2) is 53.7 Å².